The molecule has 1 aromatic heterocycles. The lowest BCUT2D eigenvalue weighted by molar-refractivity contribution is -0.140. The van der Waals surface area contributed by atoms with E-state index in [-0.39, 0.29) is 12.0 Å². The maximum Gasteiger partial charge on any atom is 0.232 e. The fourth-order valence-electron chi connectivity index (χ4n) is 1.83. The van der Waals surface area contributed by atoms with Crippen molar-refractivity contribution in [2.75, 3.05) is 13.1 Å². The van der Waals surface area contributed by atoms with Gasteiger partial charge in [0.05, 0.1) is 13.1 Å². The number of hydrogen-bond donors (Lipinski definition) is 0. The van der Waals surface area contributed by atoms with Crippen LogP contribution in [0.3, 0.4) is 0 Å². The quantitative estimate of drug-likeness (QED) is 0.750. The zero-order valence-electron chi connectivity index (χ0n) is 10.6. The molecule has 0 radical (unpaired) electrons. The Bertz CT molecular complexity index is 516. The molecule has 5 heteroatoms. The van der Waals surface area contributed by atoms with E-state index in [4.69, 9.17) is 10.00 Å². The summed E-state index contributed by atoms with van der Waals surface area (Å²) >= 11 is 0. The number of amides is 1. The minimum atomic E-state index is -0.0744. The number of carbonyl (C=O) groups excluding carboxylic acids is 1. The second-order valence-corrected chi connectivity index (χ2v) is 4.33. The molecule has 19 heavy (non-hydrogen) atoms. The SMILES string of the molecule is C=CCCC(=O)N1CC(Oc2ncccc2C#N)C1. The second kappa shape index (κ2) is 6.01. The summed E-state index contributed by atoms with van der Waals surface area (Å²) in [5.41, 5.74) is 0.416. The third-order valence-corrected chi connectivity index (χ3v) is 2.93. The molecule has 1 aliphatic heterocycles. The Hall–Kier alpha value is -2.35. The van der Waals surface area contributed by atoms with Gasteiger partial charge in [0.2, 0.25) is 11.8 Å². The van der Waals surface area contributed by atoms with E-state index in [1.165, 1.54) is 0 Å². The molecule has 1 aromatic rings. The van der Waals surface area contributed by atoms with Gasteiger partial charge >= 0.3 is 0 Å². The normalized spacial score (nSPS) is 14.4. The largest absolute Gasteiger partial charge is 0.470 e. The predicted octanol–water partition coefficient (Wildman–Crippen LogP) is 1.51. The number of likely N-dealkylation sites (tertiary alicyclic amines) is 1. The van der Waals surface area contributed by atoms with Crippen LogP contribution in [-0.4, -0.2) is 35.0 Å². The Morgan fingerprint density at radius 3 is 3.16 bits per heavy atom. The van der Waals surface area contributed by atoms with E-state index >= 15 is 0 Å². The highest BCUT2D eigenvalue weighted by Crippen LogP contribution is 2.20. The molecule has 2 heterocycles. The topological polar surface area (TPSA) is 66.2 Å². The number of hydrogen-bond acceptors (Lipinski definition) is 4. The summed E-state index contributed by atoms with van der Waals surface area (Å²) < 4.78 is 5.61. The van der Waals surface area contributed by atoms with Crippen molar-refractivity contribution < 1.29 is 9.53 Å². The van der Waals surface area contributed by atoms with Crippen LogP contribution in [0.1, 0.15) is 18.4 Å². The fraction of sp³-hybridized carbons (Fsp3) is 0.357. The molecule has 1 fully saturated rings. The fourth-order valence-corrected chi connectivity index (χ4v) is 1.83. The minimum Gasteiger partial charge on any atom is -0.470 e. The number of ether oxygens (including phenoxy) is 1. The van der Waals surface area contributed by atoms with E-state index in [1.807, 2.05) is 6.07 Å². The van der Waals surface area contributed by atoms with Gasteiger partial charge in [0, 0.05) is 12.6 Å². The molecule has 0 saturated carbocycles. The number of nitrogens with zero attached hydrogens (tertiary/aromatic N) is 3. The molecular formula is C14H15N3O2. The number of aromatic nitrogens is 1. The van der Waals surface area contributed by atoms with E-state index in [0.29, 0.717) is 37.4 Å². The molecule has 0 bridgehead atoms. The lowest BCUT2D eigenvalue weighted by Gasteiger charge is -2.38. The zero-order valence-corrected chi connectivity index (χ0v) is 10.6. The summed E-state index contributed by atoms with van der Waals surface area (Å²) in [7, 11) is 0. The highest BCUT2D eigenvalue weighted by Gasteiger charge is 2.32. The molecule has 2 rings (SSSR count). The van der Waals surface area contributed by atoms with Crippen molar-refractivity contribution in [2.45, 2.75) is 18.9 Å². The average Bonchev–Trinajstić information content (AvgIpc) is 2.40. The van der Waals surface area contributed by atoms with Crippen LogP contribution in [0, 0.1) is 11.3 Å². The Balaban J connectivity index is 1.83. The van der Waals surface area contributed by atoms with Crippen LogP contribution in [-0.2, 0) is 4.79 Å². The smallest absolute Gasteiger partial charge is 0.232 e. The minimum absolute atomic E-state index is 0.0744. The van der Waals surface area contributed by atoms with Gasteiger partial charge in [0.25, 0.3) is 0 Å². The lowest BCUT2D eigenvalue weighted by Crippen LogP contribution is -2.56. The molecule has 1 saturated heterocycles. The van der Waals surface area contributed by atoms with Crippen LogP contribution in [0.15, 0.2) is 31.0 Å². The number of pyridine rings is 1. The first kappa shape index (κ1) is 13.1. The Morgan fingerprint density at radius 2 is 2.47 bits per heavy atom. The van der Waals surface area contributed by atoms with Crippen LogP contribution < -0.4 is 4.74 Å². The van der Waals surface area contributed by atoms with Crippen LogP contribution in [0.5, 0.6) is 5.88 Å². The first-order valence-electron chi connectivity index (χ1n) is 6.15. The highest BCUT2D eigenvalue weighted by atomic mass is 16.5. The van der Waals surface area contributed by atoms with E-state index in [9.17, 15) is 4.79 Å². The summed E-state index contributed by atoms with van der Waals surface area (Å²) in [5, 5.41) is 8.92. The third kappa shape index (κ3) is 3.10. The van der Waals surface area contributed by atoms with Crippen molar-refractivity contribution >= 4 is 5.91 Å². The van der Waals surface area contributed by atoms with Crippen molar-refractivity contribution in [1.82, 2.24) is 9.88 Å². The van der Waals surface area contributed by atoms with E-state index in [0.717, 1.165) is 0 Å². The standard InChI is InChI=1S/C14H15N3O2/c1-2-3-6-13(18)17-9-12(10-17)19-14-11(8-15)5-4-7-16-14/h2,4-5,7,12H,1,3,6,9-10H2. The molecule has 0 unspecified atom stereocenters. The zero-order chi connectivity index (χ0) is 13.7. The first-order valence-corrected chi connectivity index (χ1v) is 6.15. The van der Waals surface area contributed by atoms with Crippen molar-refractivity contribution in [3.8, 4) is 11.9 Å². The van der Waals surface area contributed by atoms with Gasteiger partial charge in [0.1, 0.15) is 17.7 Å². The van der Waals surface area contributed by atoms with Crippen molar-refractivity contribution in [1.29, 1.82) is 5.26 Å². The number of rotatable bonds is 5. The summed E-state index contributed by atoms with van der Waals surface area (Å²) in [6, 6.07) is 5.38. The number of carbonyl (C=O) groups is 1. The molecule has 5 nitrogen and oxygen atoms in total. The summed E-state index contributed by atoms with van der Waals surface area (Å²) in [5.74, 6) is 0.453. The Labute approximate surface area is 112 Å². The van der Waals surface area contributed by atoms with Crippen molar-refractivity contribution in [2.24, 2.45) is 0 Å². The average molecular weight is 257 g/mol. The summed E-state index contributed by atoms with van der Waals surface area (Å²) in [6.45, 7) is 4.70. The summed E-state index contributed by atoms with van der Waals surface area (Å²) in [6.07, 6.45) is 4.43. The van der Waals surface area contributed by atoms with Crippen LogP contribution in [0.2, 0.25) is 0 Å². The molecule has 0 spiro atoms. The number of nitriles is 1. The predicted molar refractivity (Wildman–Crippen MR) is 69.4 cm³/mol. The van der Waals surface area contributed by atoms with Crippen molar-refractivity contribution in [3.63, 3.8) is 0 Å². The molecule has 1 aliphatic rings. The molecule has 0 N–H and O–H groups in total. The lowest BCUT2D eigenvalue weighted by atomic mass is 10.1. The van der Waals surface area contributed by atoms with Gasteiger partial charge in [-0.1, -0.05) is 6.08 Å². The van der Waals surface area contributed by atoms with Gasteiger partial charge in [0.15, 0.2) is 0 Å². The number of allylic oxidation sites excluding steroid dienone is 1. The van der Waals surface area contributed by atoms with Crippen LogP contribution in [0.4, 0.5) is 0 Å². The first-order chi connectivity index (χ1) is 9.24. The van der Waals surface area contributed by atoms with E-state index in [1.54, 1.807) is 29.3 Å². The van der Waals surface area contributed by atoms with Gasteiger partial charge in [-0.2, -0.15) is 5.26 Å². The van der Waals surface area contributed by atoms with E-state index < -0.39 is 0 Å². The van der Waals surface area contributed by atoms with E-state index in [2.05, 4.69) is 11.6 Å². The molecule has 0 aliphatic carbocycles. The Morgan fingerprint density at radius 1 is 1.68 bits per heavy atom. The van der Waals surface area contributed by atoms with Crippen molar-refractivity contribution in [3.05, 3.63) is 36.5 Å². The highest BCUT2D eigenvalue weighted by molar-refractivity contribution is 5.77. The molecule has 1 amide bonds. The third-order valence-electron chi connectivity index (χ3n) is 2.93. The molecule has 0 aromatic carbocycles. The van der Waals surface area contributed by atoms with Gasteiger partial charge in [-0.05, 0) is 18.6 Å². The van der Waals surface area contributed by atoms with Gasteiger partial charge in [-0.3, -0.25) is 4.79 Å². The molecule has 0 atom stereocenters. The second-order valence-electron chi connectivity index (χ2n) is 4.33. The monoisotopic (exact) mass is 257 g/mol. The van der Waals surface area contributed by atoms with Crippen LogP contribution in [0.25, 0.3) is 0 Å². The maximum atomic E-state index is 11.7. The molecular weight excluding hydrogens is 242 g/mol. The van der Waals surface area contributed by atoms with Gasteiger partial charge < -0.3 is 9.64 Å². The molecule has 98 valence electrons. The Kier molecular flexibility index (Phi) is 4.14. The van der Waals surface area contributed by atoms with Gasteiger partial charge in [-0.15, -0.1) is 6.58 Å². The van der Waals surface area contributed by atoms with Crippen LogP contribution >= 0.6 is 0 Å². The summed E-state index contributed by atoms with van der Waals surface area (Å²) in [4.78, 5) is 17.4. The van der Waals surface area contributed by atoms with Gasteiger partial charge in [-0.25, -0.2) is 4.98 Å². The maximum absolute atomic E-state index is 11.7.